The second kappa shape index (κ2) is 8.74. The summed E-state index contributed by atoms with van der Waals surface area (Å²) in [6, 6.07) is 15.2. The molecule has 1 aliphatic heterocycles. The van der Waals surface area contributed by atoms with E-state index in [9.17, 15) is 13.7 Å². The van der Waals surface area contributed by atoms with Gasteiger partial charge in [0, 0.05) is 19.1 Å². The molecule has 1 fully saturated rings. The van der Waals surface area contributed by atoms with Gasteiger partial charge in [-0.3, -0.25) is 4.90 Å². The van der Waals surface area contributed by atoms with Gasteiger partial charge in [0.15, 0.2) is 0 Å². The van der Waals surface area contributed by atoms with Crippen molar-refractivity contribution in [3.63, 3.8) is 0 Å². The van der Waals surface area contributed by atoms with E-state index in [0.717, 1.165) is 13.1 Å². The molecule has 3 rings (SSSR count). The molecule has 1 saturated heterocycles. The van der Waals surface area contributed by atoms with Crippen molar-refractivity contribution < 1.29 is 8.42 Å². The maximum Gasteiger partial charge on any atom is 0.238 e. The molecule has 1 aliphatic rings. The van der Waals surface area contributed by atoms with Crippen LogP contribution >= 0.6 is 0 Å². The van der Waals surface area contributed by atoms with Crippen LogP contribution in [-0.2, 0) is 23.1 Å². The third kappa shape index (κ3) is 4.90. The van der Waals surface area contributed by atoms with Gasteiger partial charge in [0.25, 0.3) is 0 Å². The van der Waals surface area contributed by atoms with Crippen molar-refractivity contribution in [2.75, 3.05) is 11.9 Å². The van der Waals surface area contributed by atoms with E-state index in [2.05, 4.69) is 35.3 Å². The fraction of sp³-hybridized carbons (Fsp3) is 0.381. The molecule has 0 radical (unpaired) electrons. The number of rotatable bonds is 6. The highest BCUT2D eigenvalue weighted by molar-refractivity contribution is 7.89. The van der Waals surface area contributed by atoms with Crippen LogP contribution in [0.4, 0.5) is 5.69 Å². The van der Waals surface area contributed by atoms with Crippen molar-refractivity contribution in [1.29, 1.82) is 5.26 Å². The van der Waals surface area contributed by atoms with Gasteiger partial charge in [-0.15, -0.1) is 0 Å². The highest BCUT2D eigenvalue weighted by Gasteiger charge is 2.19. The molecule has 0 aliphatic carbocycles. The van der Waals surface area contributed by atoms with Gasteiger partial charge in [-0.25, -0.2) is 13.6 Å². The average molecular weight is 399 g/mol. The number of nitriles is 1. The lowest BCUT2D eigenvalue weighted by atomic mass is 10.0. The van der Waals surface area contributed by atoms with Crippen LogP contribution in [0.5, 0.6) is 0 Å². The summed E-state index contributed by atoms with van der Waals surface area (Å²) in [6.07, 6.45) is 3.78. The Bertz CT molecular complexity index is 982. The predicted molar refractivity (Wildman–Crippen MR) is 110 cm³/mol. The third-order valence-corrected chi connectivity index (χ3v) is 6.25. The molecule has 6 nitrogen and oxygen atoms in total. The summed E-state index contributed by atoms with van der Waals surface area (Å²) in [4.78, 5) is 2.46. The van der Waals surface area contributed by atoms with Gasteiger partial charge in [0.1, 0.15) is 6.07 Å². The van der Waals surface area contributed by atoms with Gasteiger partial charge >= 0.3 is 0 Å². The summed E-state index contributed by atoms with van der Waals surface area (Å²) in [5.41, 5.74) is 3.29. The first kappa shape index (κ1) is 20.3. The Balaban J connectivity index is 1.76. The van der Waals surface area contributed by atoms with Crippen LogP contribution in [0, 0.1) is 11.3 Å². The molecule has 0 saturated carbocycles. The van der Waals surface area contributed by atoms with E-state index in [1.807, 2.05) is 12.1 Å². The molecule has 1 atom stereocenters. The predicted octanol–water partition coefficient (Wildman–Crippen LogP) is 3.19. The molecule has 0 amide bonds. The molecule has 0 aromatic heterocycles. The standard InChI is InChI=1S/C21H26N4O2S/c1-16-6-4-5-11-25(16)15-18-8-3-2-7-17(18)14-24-21-10-9-20(28(23,26)27)12-19(21)13-22/h2-3,7-10,12,16,24H,4-6,11,14-15H2,1H3,(H2,23,26,27). The highest BCUT2D eigenvalue weighted by atomic mass is 32.2. The quantitative estimate of drug-likeness (QED) is 0.778. The van der Waals surface area contributed by atoms with Crippen molar-refractivity contribution in [3.05, 3.63) is 59.2 Å². The zero-order valence-corrected chi connectivity index (χ0v) is 16.9. The molecular formula is C21H26N4O2S. The Kier molecular flexibility index (Phi) is 6.35. The van der Waals surface area contributed by atoms with Gasteiger partial charge in [-0.2, -0.15) is 5.26 Å². The van der Waals surface area contributed by atoms with Crippen molar-refractivity contribution in [1.82, 2.24) is 4.90 Å². The van der Waals surface area contributed by atoms with Gasteiger partial charge in [0.2, 0.25) is 10.0 Å². The monoisotopic (exact) mass is 398 g/mol. The third-order valence-electron chi connectivity index (χ3n) is 5.34. The molecule has 1 heterocycles. The minimum Gasteiger partial charge on any atom is -0.380 e. The Morgan fingerprint density at radius 3 is 2.64 bits per heavy atom. The number of primary sulfonamides is 1. The van der Waals surface area contributed by atoms with Crippen LogP contribution < -0.4 is 10.5 Å². The first-order chi connectivity index (χ1) is 13.4. The zero-order valence-electron chi connectivity index (χ0n) is 16.1. The zero-order chi connectivity index (χ0) is 20.1. The van der Waals surface area contributed by atoms with E-state index in [4.69, 9.17) is 5.14 Å². The number of hydrogen-bond acceptors (Lipinski definition) is 5. The fourth-order valence-corrected chi connectivity index (χ4v) is 4.17. The summed E-state index contributed by atoms with van der Waals surface area (Å²) in [5, 5.41) is 17.8. The topological polar surface area (TPSA) is 99.2 Å². The van der Waals surface area contributed by atoms with Crippen molar-refractivity contribution in [2.24, 2.45) is 5.14 Å². The molecule has 3 N–H and O–H groups in total. The highest BCUT2D eigenvalue weighted by Crippen LogP contribution is 2.23. The first-order valence-corrected chi connectivity index (χ1v) is 11.0. The number of sulfonamides is 1. The minimum atomic E-state index is -3.83. The fourth-order valence-electron chi connectivity index (χ4n) is 3.63. The van der Waals surface area contributed by atoms with E-state index >= 15 is 0 Å². The largest absolute Gasteiger partial charge is 0.380 e. The Hall–Kier alpha value is -2.40. The van der Waals surface area contributed by atoms with Crippen LogP contribution in [0.1, 0.15) is 42.9 Å². The summed E-state index contributed by atoms with van der Waals surface area (Å²) in [5.74, 6) is 0. The summed E-state index contributed by atoms with van der Waals surface area (Å²) in [7, 11) is -3.83. The van der Waals surface area contributed by atoms with E-state index < -0.39 is 10.0 Å². The minimum absolute atomic E-state index is 0.0610. The summed E-state index contributed by atoms with van der Waals surface area (Å²) in [6.45, 7) is 4.87. The molecule has 7 heteroatoms. The lowest BCUT2D eigenvalue weighted by molar-refractivity contribution is 0.152. The van der Waals surface area contributed by atoms with E-state index in [1.54, 1.807) is 6.07 Å². The van der Waals surface area contributed by atoms with Crippen molar-refractivity contribution >= 4 is 15.7 Å². The Morgan fingerprint density at radius 2 is 1.96 bits per heavy atom. The molecular weight excluding hydrogens is 372 g/mol. The second-order valence-corrected chi connectivity index (χ2v) is 8.86. The maximum absolute atomic E-state index is 11.5. The van der Waals surface area contributed by atoms with Crippen molar-refractivity contribution in [3.8, 4) is 6.07 Å². The average Bonchev–Trinajstić information content (AvgIpc) is 2.68. The van der Waals surface area contributed by atoms with Gasteiger partial charge in [-0.05, 0) is 55.6 Å². The smallest absolute Gasteiger partial charge is 0.238 e. The molecule has 2 aromatic carbocycles. The number of likely N-dealkylation sites (tertiary alicyclic amines) is 1. The van der Waals surface area contributed by atoms with Gasteiger partial charge in [-0.1, -0.05) is 30.7 Å². The molecule has 0 bridgehead atoms. The molecule has 28 heavy (non-hydrogen) atoms. The van der Waals surface area contributed by atoms with E-state index in [0.29, 0.717) is 18.3 Å². The van der Waals surface area contributed by atoms with Crippen LogP contribution in [0.3, 0.4) is 0 Å². The maximum atomic E-state index is 11.5. The normalized spacial score (nSPS) is 17.8. The lowest BCUT2D eigenvalue weighted by Crippen LogP contribution is -2.37. The molecule has 1 unspecified atom stereocenters. The number of nitrogens with one attached hydrogen (secondary N) is 1. The molecule has 2 aromatic rings. The lowest BCUT2D eigenvalue weighted by Gasteiger charge is -2.33. The number of benzene rings is 2. The van der Waals surface area contributed by atoms with E-state index in [1.165, 1.54) is 42.5 Å². The van der Waals surface area contributed by atoms with Crippen molar-refractivity contribution in [2.45, 2.75) is 50.2 Å². The van der Waals surface area contributed by atoms with Gasteiger partial charge < -0.3 is 5.32 Å². The SMILES string of the molecule is CC1CCCCN1Cc1ccccc1CNc1ccc(S(N)(=O)=O)cc1C#N. The van der Waals surface area contributed by atoms with Crippen LogP contribution in [0.25, 0.3) is 0 Å². The number of nitrogens with zero attached hydrogens (tertiary/aromatic N) is 2. The number of piperidine rings is 1. The summed E-state index contributed by atoms with van der Waals surface area (Å²) < 4.78 is 23.0. The van der Waals surface area contributed by atoms with Crippen LogP contribution in [0.2, 0.25) is 0 Å². The number of anilines is 1. The Morgan fingerprint density at radius 1 is 1.21 bits per heavy atom. The molecule has 0 spiro atoms. The van der Waals surface area contributed by atoms with Crippen LogP contribution in [-0.4, -0.2) is 25.9 Å². The second-order valence-electron chi connectivity index (χ2n) is 7.30. The Labute approximate surface area is 167 Å². The number of hydrogen-bond donors (Lipinski definition) is 2. The summed E-state index contributed by atoms with van der Waals surface area (Å²) >= 11 is 0. The first-order valence-electron chi connectivity index (χ1n) is 9.50. The molecule has 148 valence electrons. The van der Waals surface area contributed by atoms with Gasteiger partial charge in [0.05, 0.1) is 16.1 Å². The van der Waals surface area contributed by atoms with Crippen LogP contribution in [0.15, 0.2) is 47.4 Å². The van der Waals surface area contributed by atoms with E-state index in [-0.39, 0.29) is 10.5 Å². The number of nitrogens with two attached hydrogens (primary N) is 1.